The average Bonchev–Trinajstić information content (AvgIpc) is 3.13. The van der Waals surface area contributed by atoms with Gasteiger partial charge in [-0.2, -0.15) is 0 Å². The highest BCUT2D eigenvalue weighted by atomic mass is 16.7. The third kappa shape index (κ3) is 2.12. The molecule has 1 fully saturated rings. The summed E-state index contributed by atoms with van der Waals surface area (Å²) in [7, 11) is 0. The first-order valence-corrected chi connectivity index (χ1v) is 7.06. The van der Waals surface area contributed by atoms with Crippen LogP contribution in [-0.2, 0) is 4.74 Å². The lowest BCUT2D eigenvalue weighted by Gasteiger charge is -2.20. The zero-order valence-electron chi connectivity index (χ0n) is 11.5. The Morgan fingerprint density at radius 1 is 1.19 bits per heavy atom. The smallest absolute Gasteiger partial charge is 0.231 e. The summed E-state index contributed by atoms with van der Waals surface area (Å²) in [6, 6.07) is 5.74. The fraction of sp³-hybridized carbons (Fsp3) is 0.400. The van der Waals surface area contributed by atoms with Crippen molar-refractivity contribution in [2.45, 2.75) is 18.8 Å². The van der Waals surface area contributed by atoms with Crippen LogP contribution in [-0.4, -0.2) is 25.2 Å². The highest BCUT2D eigenvalue weighted by Crippen LogP contribution is 2.41. The van der Waals surface area contributed by atoms with Crippen LogP contribution < -0.4 is 15.2 Å². The second kappa shape index (κ2) is 4.96. The van der Waals surface area contributed by atoms with E-state index >= 15 is 0 Å². The molecule has 2 aliphatic heterocycles. The molecule has 21 heavy (non-hydrogen) atoms. The molecule has 0 spiro atoms. The van der Waals surface area contributed by atoms with E-state index in [-0.39, 0.29) is 12.7 Å². The van der Waals surface area contributed by atoms with Gasteiger partial charge < -0.3 is 24.5 Å². The van der Waals surface area contributed by atoms with Crippen molar-refractivity contribution in [1.29, 1.82) is 0 Å². The largest absolute Gasteiger partial charge is 0.454 e. The van der Waals surface area contributed by atoms with Crippen LogP contribution in [0.2, 0.25) is 0 Å². The van der Waals surface area contributed by atoms with Gasteiger partial charge in [-0.1, -0.05) is 11.2 Å². The molecule has 2 aromatic rings. The summed E-state index contributed by atoms with van der Waals surface area (Å²) in [5.74, 6) is 2.02. The van der Waals surface area contributed by atoms with E-state index in [2.05, 4.69) is 5.16 Å². The number of nitrogens with two attached hydrogens (primary N) is 1. The van der Waals surface area contributed by atoms with Gasteiger partial charge in [-0.25, -0.2) is 0 Å². The molecular formula is C15H16N2O4. The molecule has 1 atom stereocenters. The Kier molecular flexibility index (Phi) is 2.96. The van der Waals surface area contributed by atoms with Gasteiger partial charge in [-0.3, -0.25) is 0 Å². The van der Waals surface area contributed by atoms with Gasteiger partial charge in [-0.15, -0.1) is 0 Å². The van der Waals surface area contributed by atoms with E-state index < -0.39 is 0 Å². The van der Waals surface area contributed by atoms with Crippen LogP contribution in [0.15, 0.2) is 22.7 Å². The number of hydrogen-bond acceptors (Lipinski definition) is 6. The number of benzene rings is 1. The second-order valence-electron chi connectivity index (χ2n) is 5.29. The first kappa shape index (κ1) is 12.5. The molecule has 0 saturated carbocycles. The van der Waals surface area contributed by atoms with Crippen molar-refractivity contribution in [3.8, 4) is 22.6 Å². The molecule has 6 nitrogen and oxygen atoms in total. The molecule has 110 valence electrons. The van der Waals surface area contributed by atoms with Gasteiger partial charge in [-0.05, 0) is 30.5 Å². The summed E-state index contributed by atoms with van der Waals surface area (Å²) >= 11 is 0. The van der Waals surface area contributed by atoms with Crippen LogP contribution in [0.4, 0.5) is 5.88 Å². The number of nitrogens with zero attached hydrogens (tertiary/aromatic N) is 1. The molecule has 4 rings (SSSR count). The number of hydrogen-bond donors (Lipinski definition) is 1. The molecular weight excluding hydrogens is 272 g/mol. The molecule has 0 amide bonds. The van der Waals surface area contributed by atoms with Gasteiger partial charge in [0.05, 0.1) is 17.9 Å². The topological polar surface area (TPSA) is 79.7 Å². The van der Waals surface area contributed by atoms with Crippen molar-refractivity contribution >= 4 is 5.88 Å². The van der Waals surface area contributed by atoms with E-state index in [0.717, 1.165) is 47.8 Å². The lowest BCUT2D eigenvalue weighted by molar-refractivity contribution is 0.0785. The highest BCUT2D eigenvalue weighted by Gasteiger charge is 2.27. The summed E-state index contributed by atoms with van der Waals surface area (Å²) in [5.41, 5.74) is 8.62. The van der Waals surface area contributed by atoms with Crippen LogP contribution in [0, 0.1) is 0 Å². The summed E-state index contributed by atoms with van der Waals surface area (Å²) in [4.78, 5) is 0. The van der Waals surface area contributed by atoms with E-state index in [1.165, 1.54) is 0 Å². The summed E-state index contributed by atoms with van der Waals surface area (Å²) < 4.78 is 21.5. The van der Waals surface area contributed by atoms with E-state index in [0.29, 0.717) is 12.5 Å². The number of nitrogen functional groups attached to an aromatic ring is 1. The van der Waals surface area contributed by atoms with Crippen molar-refractivity contribution < 1.29 is 18.7 Å². The first-order valence-electron chi connectivity index (χ1n) is 7.06. The lowest BCUT2D eigenvalue weighted by Crippen LogP contribution is -2.16. The lowest BCUT2D eigenvalue weighted by atomic mass is 9.92. The maximum atomic E-state index is 5.98. The molecule has 0 radical (unpaired) electrons. The zero-order chi connectivity index (χ0) is 14.2. The SMILES string of the molecule is Nc1onc(C2CCCOC2)c1-c1ccc2c(c1)OCO2. The predicted molar refractivity (Wildman–Crippen MR) is 75.3 cm³/mol. The molecule has 0 aliphatic carbocycles. The van der Waals surface area contributed by atoms with E-state index in [4.69, 9.17) is 24.5 Å². The monoisotopic (exact) mass is 288 g/mol. The normalized spacial score (nSPS) is 20.7. The predicted octanol–water partition coefficient (Wildman–Crippen LogP) is 2.55. The third-order valence-corrected chi connectivity index (χ3v) is 3.95. The first-order chi connectivity index (χ1) is 10.3. The Morgan fingerprint density at radius 2 is 2.10 bits per heavy atom. The number of fused-ring (bicyclic) bond motifs is 1. The zero-order valence-corrected chi connectivity index (χ0v) is 11.5. The minimum Gasteiger partial charge on any atom is -0.454 e. The second-order valence-corrected chi connectivity index (χ2v) is 5.29. The fourth-order valence-electron chi connectivity index (χ4n) is 2.89. The van der Waals surface area contributed by atoms with Crippen LogP contribution in [0.3, 0.4) is 0 Å². The Bertz CT molecular complexity index is 662. The Balaban J connectivity index is 1.75. The molecule has 1 aromatic carbocycles. The maximum absolute atomic E-state index is 5.98. The van der Waals surface area contributed by atoms with Crippen LogP contribution in [0.25, 0.3) is 11.1 Å². The maximum Gasteiger partial charge on any atom is 0.231 e. The molecule has 0 bridgehead atoms. The Morgan fingerprint density at radius 3 is 2.95 bits per heavy atom. The highest BCUT2D eigenvalue weighted by molar-refractivity contribution is 5.77. The number of ether oxygens (including phenoxy) is 3. The van der Waals surface area contributed by atoms with Crippen LogP contribution >= 0.6 is 0 Å². The van der Waals surface area contributed by atoms with E-state index in [9.17, 15) is 0 Å². The van der Waals surface area contributed by atoms with E-state index in [1.54, 1.807) is 0 Å². The van der Waals surface area contributed by atoms with Gasteiger partial charge in [0.15, 0.2) is 11.5 Å². The third-order valence-electron chi connectivity index (χ3n) is 3.95. The number of rotatable bonds is 2. The van der Waals surface area contributed by atoms with Gasteiger partial charge in [0, 0.05) is 12.5 Å². The summed E-state index contributed by atoms with van der Waals surface area (Å²) in [5, 5.41) is 4.16. The minimum absolute atomic E-state index is 0.222. The van der Waals surface area contributed by atoms with E-state index in [1.807, 2.05) is 18.2 Å². The minimum atomic E-state index is 0.222. The number of anilines is 1. The van der Waals surface area contributed by atoms with Gasteiger partial charge >= 0.3 is 0 Å². The van der Waals surface area contributed by atoms with Gasteiger partial charge in [0.2, 0.25) is 12.7 Å². The molecule has 6 heteroatoms. The molecule has 3 heterocycles. The molecule has 2 aliphatic rings. The molecule has 1 unspecified atom stereocenters. The van der Waals surface area contributed by atoms with Crippen LogP contribution in [0.5, 0.6) is 11.5 Å². The summed E-state index contributed by atoms with van der Waals surface area (Å²) in [6.45, 7) is 1.72. The van der Waals surface area contributed by atoms with Crippen molar-refractivity contribution in [3.05, 3.63) is 23.9 Å². The fourth-order valence-corrected chi connectivity index (χ4v) is 2.89. The molecule has 2 N–H and O–H groups in total. The Hall–Kier alpha value is -2.21. The van der Waals surface area contributed by atoms with Gasteiger partial charge in [0.1, 0.15) is 0 Å². The van der Waals surface area contributed by atoms with Crippen molar-refractivity contribution in [1.82, 2.24) is 5.16 Å². The Labute approximate surface area is 121 Å². The van der Waals surface area contributed by atoms with Crippen molar-refractivity contribution in [3.63, 3.8) is 0 Å². The number of aromatic nitrogens is 1. The van der Waals surface area contributed by atoms with Crippen LogP contribution in [0.1, 0.15) is 24.5 Å². The van der Waals surface area contributed by atoms with Gasteiger partial charge in [0.25, 0.3) is 0 Å². The quantitative estimate of drug-likeness (QED) is 0.914. The molecule has 1 aromatic heterocycles. The van der Waals surface area contributed by atoms with Crippen molar-refractivity contribution in [2.75, 3.05) is 25.7 Å². The molecule has 1 saturated heterocycles. The average molecular weight is 288 g/mol. The standard InChI is InChI=1S/C15H16N2O4/c16-15-13(9-3-4-11-12(6-9)20-8-19-11)14(17-21-15)10-2-1-5-18-7-10/h3-4,6,10H,1-2,5,7-8,16H2. The van der Waals surface area contributed by atoms with Crippen molar-refractivity contribution in [2.24, 2.45) is 0 Å². The summed E-state index contributed by atoms with van der Waals surface area (Å²) in [6.07, 6.45) is 2.06.